The second kappa shape index (κ2) is 6.56. The molecule has 1 aromatic rings. The first kappa shape index (κ1) is 15.3. The Hall–Kier alpha value is -1.11. The maximum Gasteiger partial charge on any atom is 0.240 e. The predicted molar refractivity (Wildman–Crippen MR) is 78.5 cm³/mol. The number of likely N-dealkylation sites (tertiary alicyclic amines) is 1. The van der Waals surface area contributed by atoms with Crippen molar-refractivity contribution >= 4 is 10.0 Å². The van der Waals surface area contributed by atoms with Gasteiger partial charge in [0.2, 0.25) is 10.0 Å². The summed E-state index contributed by atoms with van der Waals surface area (Å²) in [6.45, 7) is 4.61. The van der Waals surface area contributed by atoms with E-state index in [-0.39, 0.29) is 4.90 Å². The molecule has 1 aromatic carbocycles. The quantitative estimate of drug-likeness (QED) is 0.864. The number of methoxy groups -OCH3 is 1. The largest absolute Gasteiger partial charge is 0.497 e. The molecule has 1 saturated heterocycles. The summed E-state index contributed by atoms with van der Waals surface area (Å²) in [4.78, 5) is 2.59. The normalized spacial score (nSPS) is 20.2. The highest BCUT2D eigenvalue weighted by atomic mass is 32.2. The van der Waals surface area contributed by atoms with Gasteiger partial charge in [-0.1, -0.05) is 6.92 Å². The van der Waals surface area contributed by atoms with Gasteiger partial charge in [0.25, 0.3) is 0 Å². The summed E-state index contributed by atoms with van der Waals surface area (Å²) in [7, 11) is -1.88. The van der Waals surface area contributed by atoms with Crippen LogP contribution in [-0.4, -0.2) is 46.1 Å². The van der Waals surface area contributed by atoms with Gasteiger partial charge >= 0.3 is 0 Å². The minimum absolute atomic E-state index is 0.277. The number of nitrogens with zero attached hydrogens (tertiary/aromatic N) is 1. The Morgan fingerprint density at radius 2 is 2.05 bits per heavy atom. The Morgan fingerprint density at radius 3 is 2.65 bits per heavy atom. The number of rotatable bonds is 6. The number of ether oxygens (including phenoxy) is 1. The topological polar surface area (TPSA) is 58.6 Å². The first-order valence-electron chi connectivity index (χ1n) is 6.94. The molecule has 112 valence electrons. The van der Waals surface area contributed by atoms with Gasteiger partial charge in [-0.15, -0.1) is 0 Å². The molecule has 0 aromatic heterocycles. The first-order valence-corrected chi connectivity index (χ1v) is 8.43. The molecule has 6 heteroatoms. The minimum Gasteiger partial charge on any atom is -0.497 e. The number of hydrogen-bond donors (Lipinski definition) is 1. The zero-order valence-corrected chi connectivity index (χ0v) is 12.8. The van der Waals surface area contributed by atoms with Crippen molar-refractivity contribution in [3.8, 4) is 5.75 Å². The molecule has 20 heavy (non-hydrogen) atoms. The molecule has 1 atom stereocenters. The van der Waals surface area contributed by atoms with Crippen LogP contribution in [0.5, 0.6) is 5.75 Å². The molecule has 1 fully saturated rings. The fourth-order valence-electron chi connectivity index (χ4n) is 2.59. The van der Waals surface area contributed by atoms with Crippen LogP contribution < -0.4 is 9.46 Å². The van der Waals surface area contributed by atoms with Gasteiger partial charge in [-0.3, -0.25) is 4.90 Å². The Labute approximate surface area is 121 Å². The summed E-state index contributed by atoms with van der Waals surface area (Å²) < 4.78 is 32.2. The second-order valence-electron chi connectivity index (χ2n) is 4.95. The van der Waals surface area contributed by atoms with Crippen molar-refractivity contribution in [1.82, 2.24) is 9.62 Å². The van der Waals surface area contributed by atoms with E-state index in [2.05, 4.69) is 16.5 Å². The van der Waals surface area contributed by atoms with Gasteiger partial charge in [0.05, 0.1) is 12.0 Å². The highest BCUT2D eigenvalue weighted by molar-refractivity contribution is 7.89. The number of hydrogen-bond acceptors (Lipinski definition) is 4. The van der Waals surface area contributed by atoms with Crippen molar-refractivity contribution in [2.24, 2.45) is 0 Å². The van der Waals surface area contributed by atoms with Crippen molar-refractivity contribution in [3.63, 3.8) is 0 Å². The highest BCUT2D eigenvalue weighted by Crippen LogP contribution is 2.18. The molecule has 1 heterocycles. The van der Waals surface area contributed by atoms with Crippen LogP contribution in [0.4, 0.5) is 0 Å². The molecular formula is C14H22N2O3S. The summed E-state index contributed by atoms with van der Waals surface area (Å²) in [5.74, 6) is 0.650. The van der Waals surface area contributed by atoms with Crippen LogP contribution in [-0.2, 0) is 10.0 Å². The zero-order valence-electron chi connectivity index (χ0n) is 12.0. The van der Waals surface area contributed by atoms with E-state index in [4.69, 9.17) is 4.74 Å². The summed E-state index contributed by atoms with van der Waals surface area (Å²) >= 11 is 0. The molecule has 0 bridgehead atoms. The Bertz CT molecular complexity index is 528. The third-order valence-electron chi connectivity index (χ3n) is 3.78. The first-order chi connectivity index (χ1) is 9.56. The predicted octanol–water partition coefficient (Wildman–Crippen LogP) is 1.46. The monoisotopic (exact) mass is 298 g/mol. The molecule has 0 spiro atoms. The van der Waals surface area contributed by atoms with E-state index >= 15 is 0 Å². The van der Waals surface area contributed by atoms with E-state index in [1.165, 1.54) is 0 Å². The SMILES string of the molecule is CCN1CCCC1CNS(=O)(=O)c1ccc(OC)cc1. The molecule has 0 radical (unpaired) electrons. The van der Waals surface area contributed by atoms with Crippen LogP contribution in [0.25, 0.3) is 0 Å². The van der Waals surface area contributed by atoms with E-state index in [0.29, 0.717) is 18.3 Å². The van der Waals surface area contributed by atoms with Crippen molar-refractivity contribution in [3.05, 3.63) is 24.3 Å². The molecule has 2 rings (SSSR count). The molecule has 1 aliphatic rings. The number of nitrogens with one attached hydrogen (secondary N) is 1. The van der Waals surface area contributed by atoms with Gasteiger partial charge in [-0.2, -0.15) is 0 Å². The molecule has 5 nitrogen and oxygen atoms in total. The molecule has 0 amide bonds. The number of benzene rings is 1. The molecular weight excluding hydrogens is 276 g/mol. The van der Waals surface area contributed by atoms with Crippen LogP contribution in [0.3, 0.4) is 0 Å². The Morgan fingerprint density at radius 1 is 1.35 bits per heavy atom. The minimum atomic E-state index is -3.44. The lowest BCUT2D eigenvalue weighted by Gasteiger charge is -2.22. The van der Waals surface area contributed by atoms with E-state index < -0.39 is 10.0 Å². The van der Waals surface area contributed by atoms with Gasteiger partial charge in [0, 0.05) is 12.6 Å². The molecule has 1 aliphatic heterocycles. The highest BCUT2D eigenvalue weighted by Gasteiger charge is 2.25. The average Bonchev–Trinajstić information content (AvgIpc) is 2.93. The number of likely N-dealkylation sites (N-methyl/N-ethyl adjacent to an activating group) is 1. The van der Waals surface area contributed by atoms with Gasteiger partial charge in [0.1, 0.15) is 5.75 Å². The van der Waals surface area contributed by atoms with Gasteiger partial charge in [-0.25, -0.2) is 13.1 Å². The summed E-state index contributed by atoms with van der Waals surface area (Å²) in [6.07, 6.45) is 2.20. The van der Waals surface area contributed by atoms with Gasteiger partial charge in [-0.05, 0) is 50.2 Å². The fourth-order valence-corrected chi connectivity index (χ4v) is 3.66. The summed E-state index contributed by atoms with van der Waals surface area (Å²) in [6, 6.07) is 6.75. The Balaban J connectivity index is 1.99. The lowest BCUT2D eigenvalue weighted by molar-refractivity contribution is 0.268. The van der Waals surface area contributed by atoms with Gasteiger partial charge in [0.15, 0.2) is 0 Å². The van der Waals surface area contributed by atoms with Crippen molar-refractivity contribution in [2.45, 2.75) is 30.7 Å². The smallest absolute Gasteiger partial charge is 0.240 e. The molecule has 0 saturated carbocycles. The van der Waals surface area contributed by atoms with Crippen LogP contribution in [0.2, 0.25) is 0 Å². The van der Waals surface area contributed by atoms with Crippen molar-refractivity contribution in [1.29, 1.82) is 0 Å². The molecule has 1 unspecified atom stereocenters. The molecule has 1 N–H and O–H groups in total. The third-order valence-corrected chi connectivity index (χ3v) is 5.22. The fraction of sp³-hybridized carbons (Fsp3) is 0.571. The van der Waals surface area contributed by atoms with E-state index in [1.807, 2.05) is 0 Å². The Kier molecular flexibility index (Phi) is 5.01. The average molecular weight is 298 g/mol. The molecule has 0 aliphatic carbocycles. The summed E-state index contributed by atoms with van der Waals surface area (Å²) in [5.41, 5.74) is 0. The van der Waals surface area contributed by atoms with E-state index in [0.717, 1.165) is 25.9 Å². The second-order valence-corrected chi connectivity index (χ2v) is 6.72. The third kappa shape index (κ3) is 3.50. The van der Waals surface area contributed by atoms with Crippen molar-refractivity contribution in [2.75, 3.05) is 26.7 Å². The van der Waals surface area contributed by atoms with Crippen molar-refractivity contribution < 1.29 is 13.2 Å². The van der Waals surface area contributed by atoms with Crippen LogP contribution in [0, 0.1) is 0 Å². The maximum atomic E-state index is 12.2. The maximum absolute atomic E-state index is 12.2. The van der Waals surface area contributed by atoms with Gasteiger partial charge < -0.3 is 4.74 Å². The van der Waals surface area contributed by atoms with Crippen LogP contribution in [0.15, 0.2) is 29.2 Å². The lowest BCUT2D eigenvalue weighted by atomic mass is 10.2. The van der Waals surface area contributed by atoms with E-state index in [9.17, 15) is 8.42 Å². The zero-order chi connectivity index (χ0) is 14.6. The van der Waals surface area contributed by atoms with Crippen LogP contribution in [0.1, 0.15) is 19.8 Å². The number of sulfonamides is 1. The lowest BCUT2D eigenvalue weighted by Crippen LogP contribution is -2.39. The van der Waals surface area contributed by atoms with Crippen LogP contribution >= 0.6 is 0 Å². The standard InChI is InChI=1S/C14H22N2O3S/c1-3-16-10-4-5-12(16)11-15-20(17,18)14-8-6-13(19-2)7-9-14/h6-9,12,15H,3-5,10-11H2,1-2H3. The summed E-state index contributed by atoms with van der Waals surface area (Å²) in [5, 5.41) is 0. The van der Waals surface area contributed by atoms with E-state index in [1.54, 1.807) is 31.4 Å².